The molecular formula is C18H17ClN2O5. The maximum absolute atomic E-state index is 12.2. The highest BCUT2D eigenvalue weighted by Crippen LogP contribution is 2.20. The van der Waals surface area contributed by atoms with Crippen LogP contribution in [0.15, 0.2) is 42.5 Å². The van der Waals surface area contributed by atoms with Gasteiger partial charge in [0.05, 0.1) is 37.6 Å². The molecule has 136 valence electrons. The van der Waals surface area contributed by atoms with Crippen LogP contribution >= 0.6 is 11.6 Å². The summed E-state index contributed by atoms with van der Waals surface area (Å²) in [5.41, 5.74) is 1.19. The molecule has 0 spiro atoms. The second-order valence-corrected chi connectivity index (χ2v) is 5.59. The molecule has 0 aliphatic heterocycles. The predicted molar refractivity (Wildman–Crippen MR) is 97.7 cm³/mol. The largest absolute Gasteiger partial charge is 0.465 e. The summed E-state index contributed by atoms with van der Waals surface area (Å²) in [6, 6.07) is 11.0. The first-order valence-corrected chi connectivity index (χ1v) is 7.92. The van der Waals surface area contributed by atoms with Crippen LogP contribution in [0, 0.1) is 0 Å². The zero-order valence-corrected chi connectivity index (χ0v) is 14.9. The molecule has 0 unspecified atom stereocenters. The van der Waals surface area contributed by atoms with Crippen molar-refractivity contribution >= 4 is 40.8 Å². The smallest absolute Gasteiger partial charge is 0.339 e. The van der Waals surface area contributed by atoms with Gasteiger partial charge in [-0.25, -0.2) is 9.59 Å². The fourth-order valence-electron chi connectivity index (χ4n) is 2.12. The van der Waals surface area contributed by atoms with Crippen LogP contribution in [0.3, 0.4) is 0 Å². The van der Waals surface area contributed by atoms with E-state index in [1.807, 2.05) is 0 Å². The Bertz CT molecular complexity index is 821. The first-order chi connectivity index (χ1) is 12.4. The molecule has 0 aliphatic rings. The van der Waals surface area contributed by atoms with Crippen LogP contribution in [0.2, 0.25) is 5.02 Å². The summed E-state index contributed by atoms with van der Waals surface area (Å²) in [6.07, 6.45) is 0. The van der Waals surface area contributed by atoms with E-state index < -0.39 is 17.8 Å². The maximum atomic E-state index is 12.2. The third kappa shape index (κ3) is 4.97. The number of hydrogen-bond donors (Lipinski definition) is 2. The molecule has 0 aromatic heterocycles. The average molecular weight is 377 g/mol. The number of halogens is 1. The molecule has 0 saturated carbocycles. The highest BCUT2D eigenvalue weighted by atomic mass is 35.5. The van der Waals surface area contributed by atoms with E-state index in [1.54, 1.807) is 24.3 Å². The Balaban J connectivity index is 2.14. The standard InChI is InChI=1S/C18H17ClN2O5/c1-25-17(23)11-3-8-14(18(24)26-2)15(9-11)21-16(22)10-20-13-6-4-12(19)5-7-13/h3-9,20H,10H2,1-2H3,(H,21,22). The third-order valence-electron chi connectivity index (χ3n) is 3.42. The number of ether oxygens (including phenoxy) is 2. The molecule has 0 atom stereocenters. The van der Waals surface area contributed by atoms with E-state index in [0.29, 0.717) is 10.7 Å². The predicted octanol–water partition coefficient (Wildman–Crippen LogP) is 2.96. The fourth-order valence-corrected chi connectivity index (χ4v) is 2.25. The van der Waals surface area contributed by atoms with Gasteiger partial charge >= 0.3 is 11.9 Å². The molecule has 8 heteroatoms. The number of nitrogens with one attached hydrogen (secondary N) is 2. The van der Waals surface area contributed by atoms with Gasteiger partial charge in [-0.3, -0.25) is 4.79 Å². The van der Waals surface area contributed by atoms with Crippen molar-refractivity contribution < 1.29 is 23.9 Å². The minimum Gasteiger partial charge on any atom is -0.465 e. The lowest BCUT2D eigenvalue weighted by Gasteiger charge is -2.12. The van der Waals surface area contributed by atoms with E-state index in [9.17, 15) is 14.4 Å². The van der Waals surface area contributed by atoms with E-state index >= 15 is 0 Å². The van der Waals surface area contributed by atoms with E-state index in [0.717, 1.165) is 0 Å². The SMILES string of the molecule is COC(=O)c1ccc(C(=O)OC)c(NC(=O)CNc2ccc(Cl)cc2)c1. The third-order valence-corrected chi connectivity index (χ3v) is 3.67. The highest BCUT2D eigenvalue weighted by molar-refractivity contribution is 6.30. The Morgan fingerprint density at radius 3 is 2.23 bits per heavy atom. The summed E-state index contributed by atoms with van der Waals surface area (Å²) in [7, 11) is 2.47. The van der Waals surface area contributed by atoms with Crippen LogP contribution in [-0.4, -0.2) is 38.6 Å². The van der Waals surface area contributed by atoms with Gasteiger partial charge < -0.3 is 20.1 Å². The van der Waals surface area contributed by atoms with E-state index in [2.05, 4.69) is 15.4 Å². The van der Waals surface area contributed by atoms with Crippen molar-refractivity contribution in [1.82, 2.24) is 0 Å². The minimum absolute atomic E-state index is 0.0509. The van der Waals surface area contributed by atoms with Gasteiger partial charge in [0.25, 0.3) is 0 Å². The molecule has 0 saturated heterocycles. The second kappa shape index (κ2) is 8.87. The monoisotopic (exact) mass is 376 g/mol. The Labute approximate surface area is 155 Å². The Hall–Kier alpha value is -3.06. The molecule has 0 bridgehead atoms. The molecule has 2 N–H and O–H groups in total. The Kier molecular flexibility index (Phi) is 6.57. The zero-order valence-electron chi connectivity index (χ0n) is 14.2. The van der Waals surface area contributed by atoms with Crippen LogP contribution in [0.4, 0.5) is 11.4 Å². The van der Waals surface area contributed by atoms with Crippen molar-refractivity contribution in [3.05, 3.63) is 58.6 Å². The lowest BCUT2D eigenvalue weighted by Crippen LogP contribution is -2.23. The molecule has 2 aromatic carbocycles. The van der Waals surface area contributed by atoms with Crippen LogP contribution in [0.25, 0.3) is 0 Å². The number of amides is 1. The highest BCUT2D eigenvalue weighted by Gasteiger charge is 2.17. The van der Waals surface area contributed by atoms with Crippen molar-refractivity contribution in [3.8, 4) is 0 Å². The van der Waals surface area contributed by atoms with E-state index in [-0.39, 0.29) is 23.4 Å². The van der Waals surface area contributed by atoms with Crippen molar-refractivity contribution in [2.24, 2.45) is 0 Å². The molecule has 7 nitrogen and oxygen atoms in total. The number of esters is 2. The van der Waals surface area contributed by atoms with Gasteiger partial charge in [-0.2, -0.15) is 0 Å². The van der Waals surface area contributed by atoms with Crippen LogP contribution in [0.5, 0.6) is 0 Å². The molecule has 0 heterocycles. The normalized spacial score (nSPS) is 9.96. The van der Waals surface area contributed by atoms with Gasteiger partial charge in [-0.15, -0.1) is 0 Å². The van der Waals surface area contributed by atoms with Gasteiger partial charge in [0, 0.05) is 10.7 Å². The maximum Gasteiger partial charge on any atom is 0.339 e. The quantitative estimate of drug-likeness (QED) is 0.753. The molecule has 1 amide bonds. The van der Waals surface area contributed by atoms with Crippen LogP contribution in [0.1, 0.15) is 20.7 Å². The number of anilines is 2. The van der Waals surface area contributed by atoms with Gasteiger partial charge in [-0.05, 0) is 42.5 Å². The van der Waals surface area contributed by atoms with Crippen LogP contribution in [-0.2, 0) is 14.3 Å². The molecular weight excluding hydrogens is 360 g/mol. The minimum atomic E-state index is -0.637. The topological polar surface area (TPSA) is 93.7 Å². The fraction of sp³-hybridized carbons (Fsp3) is 0.167. The van der Waals surface area contributed by atoms with E-state index in [1.165, 1.54) is 32.4 Å². The van der Waals surface area contributed by atoms with Crippen molar-refractivity contribution in [1.29, 1.82) is 0 Å². The van der Waals surface area contributed by atoms with Gasteiger partial charge in [-0.1, -0.05) is 11.6 Å². The average Bonchev–Trinajstić information content (AvgIpc) is 2.66. The summed E-state index contributed by atoms with van der Waals surface area (Å²) in [5.74, 6) is -1.63. The number of methoxy groups -OCH3 is 2. The second-order valence-electron chi connectivity index (χ2n) is 5.15. The van der Waals surface area contributed by atoms with Gasteiger partial charge in [0.15, 0.2) is 0 Å². The van der Waals surface area contributed by atoms with E-state index in [4.69, 9.17) is 16.3 Å². The lowest BCUT2D eigenvalue weighted by atomic mass is 10.1. The molecule has 26 heavy (non-hydrogen) atoms. The molecule has 2 rings (SSSR count). The number of benzene rings is 2. The van der Waals surface area contributed by atoms with Crippen molar-refractivity contribution in [3.63, 3.8) is 0 Å². The zero-order chi connectivity index (χ0) is 19.1. The van der Waals surface area contributed by atoms with Gasteiger partial charge in [0.2, 0.25) is 5.91 Å². The van der Waals surface area contributed by atoms with Crippen molar-refractivity contribution in [2.75, 3.05) is 31.4 Å². The molecule has 0 fully saturated rings. The number of carbonyl (C=O) groups is 3. The lowest BCUT2D eigenvalue weighted by molar-refractivity contribution is -0.114. The molecule has 0 aliphatic carbocycles. The first kappa shape index (κ1) is 19.3. The summed E-state index contributed by atoms with van der Waals surface area (Å²) in [6.45, 7) is -0.0509. The number of carbonyl (C=O) groups excluding carboxylic acids is 3. The summed E-state index contributed by atoms with van der Waals surface area (Å²) in [4.78, 5) is 35.7. The first-order valence-electron chi connectivity index (χ1n) is 7.54. The Morgan fingerprint density at radius 2 is 1.62 bits per heavy atom. The number of rotatable bonds is 6. The molecule has 0 radical (unpaired) electrons. The summed E-state index contributed by atoms with van der Waals surface area (Å²) < 4.78 is 9.34. The molecule has 2 aromatic rings. The van der Waals surface area contributed by atoms with Crippen molar-refractivity contribution in [2.45, 2.75) is 0 Å². The Morgan fingerprint density at radius 1 is 0.962 bits per heavy atom. The number of hydrogen-bond acceptors (Lipinski definition) is 6. The van der Waals surface area contributed by atoms with Crippen LogP contribution < -0.4 is 10.6 Å². The summed E-state index contributed by atoms with van der Waals surface area (Å²) in [5, 5.41) is 6.10. The van der Waals surface area contributed by atoms with Gasteiger partial charge in [0.1, 0.15) is 0 Å². The summed E-state index contributed by atoms with van der Waals surface area (Å²) >= 11 is 5.81.